The van der Waals surface area contributed by atoms with Gasteiger partial charge in [-0.3, -0.25) is 13.9 Å². The Bertz CT molecular complexity index is 1080. The van der Waals surface area contributed by atoms with Gasteiger partial charge in [-0.05, 0) is 50.1 Å². The number of carbonyl (C=O) groups excluding carboxylic acids is 2. The SMILES string of the molecule is CCNC(=O)[C@H](C)N(Cc1ccc(Cl)cc1)C(=O)CCCN(c1cccc(OC)c1)S(C)(=O)=O. The lowest BCUT2D eigenvalue weighted by atomic mass is 10.1. The van der Waals surface area contributed by atoms with Crippen molar-refractivity contribution in [3.05, 3.63) is 59.1 Å². The molecule has 0 unspecified atom stereocenters. The molecule has 0 spiro atoms. The highest BCUT2D eigenvalue weighted by Gasteiger charge is 2.26. The number of anilines is 1. The minimum atomic E-state index is -3.57. The zero-order chi connectivity index (χ0) is 25.3. The van der Waals surface area contributed by atoms with E-state index >= 15 is 0 Å². The number of carbonyl (C=O) groups is 2. The Morgan fingerprint density at radius 1 is 1.15 bits per heavy atom. The van der Waals surface area contributed by atoms with Gasteiger partial charge in [0.2, 0.25) is 21.8 Å². The van der Waals surface area contributed by atoms with Crippen LogP contribution in [0, 0.1) is 0 Å². The maximum atomic E-state index is 13.2. The molecule has 186 valence electrons. The second kappa shape index (κ2) is 12.6. The third-order valence-corrected chi connectivity index (χ3v) is 6.72. The van der Waals surface area contributed by atoms with Gasteiger partial charge in [0, 0.05) is 37.1 Å². The Hall–Kier alpha value is -2.78. The highest BCUT2D eigenvalue weighted by molar-refractivity contribution is 7.92. The first kappa shape index (κ1) is 27.5. The highest BCUT2D eigenvalue weighted by Crippen LogP contribution is 2.24. The molecule has 2 aromatic rings. The Labute approximate surface area is 206 Å². The summed E-state index contributed by atoms with van der Waals surface area (Å²) < 4.78 is 31.3. The number of hydrogen-bond donors (Lipinski definition) is 1. The molecule has 2 rings (SSSR count). The number of sulfonamides is 1. The molecule has 0 fully saturated rings. The molecule has 0 heterocycles. The molecule has 10 heteroatoms. The van der Waals surface area contributed by atoms with Gasteiger partial charge in [-0.15, -0.1) is 0 Å². The zero-order valence-corrected chi connectivity index (χ0v) is 21.5. The van der Waals surface area contributed by atoms with Crippen molar-refractivity contribution in [3.8, 4) is 5.75 Å². The van der Waals surface area contributed by atoms with Crippen molar-refractivity contribution in [3.63, 3.8) is 0 Å². The Kier molecular flexibility index (Phi) is 10.2. The predicted octanol–water partition coefficient (Wildman–Crippen LogP) is 3.45. The van der Waals surface area contributed by atoms with Crippen LogP contribution in [0.4, 0.5) is 5.69 Å². The van der Waals surface area contributed by atoms with Gasteiger partial charge >= 0.3 is 0 Å². The van der Waals surface area contributed by atoms with Crippen molar-refractivity contribution in [1.29, 1.82) is 0 Å². The van der Waals surface area contributed by atoms with Crippen molar-refractivity contribution in [1.82, 2.24) is 10.2 Å². The first-order chi connectivity index (χ1) is 16.1. The molecular formula is C24H32ClN3O5S. The average Bonchev–Trinajstić information content (AvgIpc) is 2.80. The first-order valence-electron chi connectivity index (χ1n) is 11.0. The summed E-state index contributed by atoms with van der Waals surface area (Å²) in [7, 11) is -2.07. The molecule has 8 nitrogen and oxygen atoms in total. The number of ether oxygens (including phenoxy) is 1. The van der Waals surface area contributed by atoms with Gasteiger partial charge in [0.05, 0.1) is 19.1 Å². The maximum absolute atomic E-state index is 13.2. The van der Waals surface area contributed by atoms with Crippen LogP contribution in [0.5, 0.6) is 5.75 Å². The van der Waals surface area contributed by atoms with Crippen LogP contribution >= 0.6 is 11.6 Å². The molecule has 1 N–H and O–H groups in total. The molecule has 0 saturated heterocycles. The van der Waals surface area contributed by atoms with Crippen molar-refractivity contribution in [2.24, 2.45) is 0 Å². The zero-order valence-electron chi connectivity index (χ0n) is 20.0. The Morgan fingerprint density at radius 3 is 2.41 bits per heavy atom. The van der Waals surface area contributed by atoms with E-state index in [4.69, 9.17) is 16.3 Å². The minimum Gasteiger partial charge on any atom is -0.497 e. The van der Waals surface area contributed by atoms with Crippen LogP contribution in [0.15, 0.2) is 48.5 Å². The second-order valence-corrected chi connectivity index (χ2v) is 10.2. The van der Waals surface area contributed by atoms with E-state index in [1.54, 1.807) is 55.5 Å². The second-order valence-electron chi connectivity index (χ2n) is 7.86. The molecule has 34 heavy (non-hydrogen) atoms. The largest absolute Gasteiger partial charge is 0.497 e. The van der Waals surface area contributed by atoms with Crippen LogP contribution in [0.25, 0.3) is 0 Å². The maximum Gasteiger partial charge on any atom is 0.242 e. The lowest BCUT2D eigenvalue weighted by Crippen LogP contribution is -2.47. The molecule has 0 bridgehead atoms. The molecule has 1 atom stereocenters. The van der Waals surface area contributed by atoms with Crippen LogP contribution in [-0.2, 0) is 26.2 Å². The molecule has 0 aliphatic carbocycles. The fraction of sp³-hybridized carbons (Fsp3) is 0.417. The van der Waals surface area contributed by atoms with E-state index in [0.29, 0.717) is 23.0 Å². The Morgan fingerprint density at radius 2 is 1.82 bits per heavy atom. The number of benzene rings is 2. The number of hydrogen-bond acceptors (Lipinski definition) is 5. The summed E-state index contributed by atoms with van der Waals surface area (Å²) in [5, 5.41) is 3.33. The molecule has 2 amide bonds. The molecule has 0 aliphatic rings. The van der Waals surface area contributed by atoms with Crippen LogP contribution in [-0.4, -0.2) is 57.6 Å². The smallest absolute Gasteiger partial charge is 0.242 e. The van der Waals surface area contributed by atoms with Crippen molar-refractivity contribution < 1.29 is 22.7 Å². The van der Waals surface area contributed by atoms with Gasteiger partial charge in [0.15, 0.2) is 0 Å². The number of rotatable bonds is 12. The van der Waals surface area contributed by atoms with Crippen LogP contribution in [0.1, 0.15) is 32.3 Å². The Balaban J connectivity index is 2.15. The molecule has 0 aliphatic heterocycles. The fourth-order valence-corrected chi connectivity index (χ4v) is 4.54. The monoisotopic (exact) mass is 509 g/mol. The van der Waals surface area contributed by atoms with E-state index in [1.165, 1.54) is 16.3 Å². The molecule has 0 aromatic heterocycles. The molecule has 2 aromatic carbocycles. The minimum absolute atomic E-state index is 0.0767. The standard InChI is InChI=1S/C24H32ClN3O5S/c1-5-26-24(30)18(2)27(17-19-11-13-20(25)14-12-19)23(29)10-7-15-28(34(4,31)32)21-8-6-9-22(16-21)33-3/h6,8-9,11-14,16,18H,5,7,10,15,17H2,1-4H3,(H,26,30)/t18-/m0/s1. The number of methoxy groups -OCH3 is 1. The van der Waals surface area contributed by atoms with E-state index in [2.05, 4.69) is 5.32 Å². The van der Waals surface area contributed by atoms with Gasteiger partial charge in [-0.25, -0.2) is 8.42 Å². The summed E-state index contributed by atoms with van der Waals surface area (Å²) >= 11 is 5.96. The summed E-state index contributed by atoms with van der Waals surface area (Å²) in [6.07, 6.45) is 1.48. The summed E-state index contributed by atoms with van der Waals surface area (Å²) in [6, 6.07) is 13.1. The van der Waals surface area contributed by atoms with E-state index in [0.717, 1.165) is 11.8 Å². The fourth-order valence-electron chi connectivity index (χ4n) is 3.46. The number of likely N-dealkylation sites (N-methyl/N-ethyl adjacent to an activating group) is 1. The predicted molar refractivity (Wildman–Crippen MR) is 135 cm³/mol. The normalized spacial score (nSPS) is 12.0. The molecular weight excluding hydrogens is 478 g/mol. The van der Waals surface area contributed by atoms with Crippen LogP contribution in [0.3, 0.4) is 0 Å². The lowest BCUT2D eigenvalue weighted by Gasteiger charge is -2.29. The third-order valence-electron chi connectivity index (χ3n) is 5.28. The number of halogens is 1. The van der Waals surface area contributed by atoms with Crippen molar-refractivity contribution in [2.75, 3.05) is 30.8 Å². The van der Waals surface area contributed by atoms with E-state index in [9.17, 15) is 18.0 Å². The average molecular weight is 510 g/mol. The molecule has 0 saturated carbocycles. The van der Waals surface area contributed by atoms with E-state index < -0.39 is 16.1 Å². The van der Waals surface area contributed by atoms with Gasteiger partial charge in [0.1, 0.15) is 11.8 Å². The quantitative estimate of drug-likeness (QED) is 0.472. The number of amides is 2. The number of nitrogens with zero attached hydrogens (tertiary/aromatic N) is 2. The highest BCUT2D eigenvalue weighted by atomic mass is 35.5. The summed E-state index contributed by atoms with van der Waals surface area (Å²) in [4.78, 5) is 27.1. The van der Waals surface area contributed by atoms with E-state index in [1.807, 2.05) is 6.92 Å². The topological polar surface area (TPSA) is 96.0 Å². The van der Waals surface area contributed by atoms with Crippen LogP contribution < -0.4 is 14.4 Å². The summed E-state index contributed by atoms with van der Waals surface area (Å²) in [5.41, 5.74) is 1.30. The van der Waals surface area contributed by atoms with Crippen molar-refractivity contribution in [2.45, 2.75) is 39.3 Å². The summed E-state index contributed by atoms with van der Waals surface area (Å²) in [5.74, 6) is 0.0406. The number of nitrogens with one attached hydrogen (secondary N) is 1. The van der Waals surface area contributed by atoms with Gasteiger partial charge in [0.25, 0.3) is 0 Å². The van der Waals surface area contributed by atoms with Crippen molar-refractivity contribution >= 4 is 39.1 Å². The summed E-state index contributed by atoms with van der Waals surface area (Å²) in [6.45, 7) is 4.30. The first-order valence-corrected chi connectivity index (χ1v) is 13.2. The third kappa shape index (κ3) is 7.92. The van der Waals surface area contributed by atoms with Gasteiger partial charge in [-0.2, -0.15) is 0 Å². The van der Waals surface area contributed by atoms with Crippen LogP contribution in [0.2, 0.25) is 5.02 Å². The van der Waals surface area contributed by atoms with Gasteiger partial charge in [-0.1, -0.05) is 29.8 Å². The van der Waals surface area contributed by atoms with E-state index in [-0.39, 0.29) is 37.7 Å². The van der Waals surface area contributed by atoms with Gasteiger partial charge < -0.3 is 15.0 Å². The lowest BCUT2D eigenvalue weighted by molar-refractivity contribution is -0.140. The molecule has 0 radical (unpaired) electrons.